The van der Waals surface area contributed by atoms with Gasteiger partial charge < -0.3 is 9.47 Å². The number of ether oxygens (including phenoxy) is 2. The van der Waals surface area contributed by atoms with Gasteiger partial charge in [-0.2, -0.15) is 0 Å². The van der Waals surface area contributed by atoms with E-state index in [4.69, 9.17) is 9.47 Å². The van der Waals surface area contributed by atoms with Gasteiger partial charge in [0.2, 0.25) is 0 Å². The molecule has 0 spiro atoms. The highest BCUT2D eigenvalue weighted by Crippen LogP contribution is 2.26. The first-order chi connectivity index (χ1) is 7.85. The highest BCUT2D eigenvalue weighted by atomic mass is 28.4. The maximum atomic E-state index is 5.62. The van der Waals surface area contributed by atoms with Crippen LogP contribution < -0.4 is 0 Å². The normalized spacial score (nSPS) is 20.6. The SMILES string of the molecule is CC[Si](C)(C)C[Si](C)(C)CCCOCC1CO1. The van der Waals surface area contributed by atoms with E-state index in [-0.39, 0.29) is 0 Å². The van der Waals surface area contributed by atoms with Crippen LogP contribution in [0.25, 0.3) is 0 Å². The molecule has 0 bridgehead atoms. The van der Waals surface area contributed by atoms with Gasteiger partial charge in [0.1, 0.15) is 6.10 Å². The summed E-state index contributed by atoms with van der Waals surface area (Å²) >= 11 is 0. The molecule has 1 unspecified atom stereocenters. The molecule has 1 heterocycles. The Morgan fingerprint density at radius 3 is 2.35 bits per heavy atom. The molecule has 0 radical (unpaired) electrons. The molecule has 102 valence electrons. The Hall–Kier alpha value is 0.354. The lowest BCUT2D eigenvalue weighted by Gasteiger charge is -2.31. The summed E-state index contributed by atoms with van der Waals surface area (Å²) in [7, 11) is -1.86. The predicted octanol–water partition coefficient (Wildman–Crippen LogP) is 3.77. The van der Waals surface area contributed by atoms with Crippen molar-refractivity contribution in [2.24, 2.45) is 0 Å². The number of hydrogen-bond donors (Lipinski definition) is 0. The predicted molar refractivity (Wildman–Crippen MR) is 80.2 cm³/mol. The molecule has 1 saturated heterocycles. The molecule has 0 N–H and O–H groups in total. The molecule has 0 amide bonds. The molecule has 0 aromatic heterocycles. The molecule has 0 aliphatic carbocycles. The van der Waals surface area contributed by atoms with Gasteiger partial charge in [0.15, 0.2) is 0 Å². The molecule has 1 aliphatic rings. The van der Waals surface area contributed by atoms with Gasteiger partial charge in [-0.1, -0.05) is 50.9 Å². The van der Waals surface area contributed by atoms with Gasteiger partial charge in [-0.05, 0) is 6.42 Å². The minimum Gasteiger partial charge on any atom is -0.379 e. The van der Waals surface area contributed by atoms with E-state index in [1.165, 1.54) is 18.5 Å². The Kier molecular flexibility index (Phi) is 5.89. The Bertz CT molecular complexity index is 225. The van der Waals surface area contributed by atoms with Crippen molar-refractivity contribution in [3.8, 4) is 0 Å². The van der Waals surface area contributed by atoms with E-state index in [1.54, 1.807) is 5.67 Å². The lowest BCUT2D eigenvalue weighted by Crippen LogP contribution is -2.38. The van der Waals surface area contributed by atoms with Gasteiger partial charge in [-0.15, -0.1) is 0 Å². The summed E-state index contributed by atoms with van der Waals surface area (Å²) in [6.45, 7) is 15.2. The van der Waals surface area contributed by atoms with E-state index in [9.17, 15) is 0 Å². The molecule has 4 heteroatoms. The zero-order valence-electron chi connectivity index (χ0n) is 12.3. The van der Waals surface area contributed by atoms with Gasteiger partial charge in [0.05, 0.1) is 13.2 Å². The van der Waals surface area contributed by atoms with Crippen LogP contribution in [0.15, 0.2) is 0 Å². The molecule has 1 rings (SSSR count). The summed E-state index contributed by atoms with van der Waals surface area (Å²) in [6, 6.07) is 2.86. The van der Waals surface area contributed by atoms with Gasteiger partial charge >= 0.3 is 0 Å². The molecule has 17 heavy (non-hydrogen) atoms. The quantitative estimate of drug-likeness (QED) is 0.363. The number of rotatable bonds is 9. The average molecular weight is 275 g/mol. The van der Waals surface area contributed by atoms with Crippen LogP contribution in [0.5, 0.6) is 0 Å². The molecule has 2 nitrogen and oxygen atoms in total. The minimum absolute atomic E-state index is 0.423. The fraction of sp³-hybridized carbons (Fsp3) is 1.00. The first-order valence-electron chi connectivity index (χ1n) is 7.04. The van der Waals surface area contributed by atoms with Gasteiger partial charge in [-0.3, -0.25) is 0 Å². The third kappa shape index (κ3) is 7.39. The van der Waals surface area contributed by atoms with E-state index in [1.807, 2.05) is 0 Å². The summed E-state index contributed by atoms with van der Waals surface area (Å²) in [5.74, 6) is 0. The van der Waals surface area contributed by atoms with Crippen LogP contribution in [0.4, 0.5) is 0 Å². The molecule has 1 fully saturated rings. The van der Waals surface area contributed by atoms with Gasteiger partial charge in [0.25, 0.3) is 0 Å². The van der Waals surface area contributed by atoms with Crippen LogP contribution in [0.3, 0.4) is 0 Å². The van der Waals surface area contributed by atoms with Crippen LogP contribution in [-0.2, 0) is 9.47 Å². The summed E-state index contributed by atoms with van der Waals surface area (Å²) < 4.78 is 10.7. The van der Waals surface area contributed by atoms with Gasteiger partial charge in [-0.25, -0.2) is 0 Å². The van der Waals surface area contributed by atoms with Crippen molar-refractivity contribution in [2.75, 3.05) is 19.8 Å². The Morgan fingerprint density at radius 2 is 1.82 bits per heavy atom. The molecular weight excluding hydrogens is 244 g/mol. The standard InChI is InChI=1S/C13H30O2Si2/c1-6-16(2,3)12-17(4,5)9-7-8-14-10-13-11-15-13/h13H,6-12H2,1-5H3. The monoisotopic (exact) mass is 274 g/mol. The first-order valence-corrected chi connectivity index (χ1v) is 13.9. The van der Waals surface area contributed by atoms with E-state index in [0.29, 0.717) is 6.10 Å². The molecule has 0 aromatic carbocycles. The zero-order chi connectivity index (χ0) is 12.9. The van der Waals surface area contributed by atoms with Crippen LogP contribution in [0.2, 0.25) is 43.9 Å². The van der Waals surface area contributed by atoms with Crippen LogP contribution in [-0.4, -0.2) is 42.1 Å². The van der Waals surface area contributed by atoms with Crippen molar-refractivity contribution in [3.63, 3.8) is 0 Å². The largest absolute Gasteiger partial charge is 0.379 e. The van der Waals surface area contributed by atoms with Crippen molar-refractivity contribution >= 4 is 16.1 Å². The minimum atomic E-state index is -0.971. The topological polar surface area (TPSA) is 21.8 Å². The Morgan fingerprint density at radius 1 is 1.18 bits per heavy atom. The van der Waals surface area contributed by atoms with Crippen molar-refractivity contribution in [1.29, 1.82) is 0 Å². The van der Waals surface area contributed by atoms with E-state index < -0.39 is 16.1 Å². The van der Waals surface area contributed by atoms with Crippen molar-refractivity contribution in [3.05, 3.63) is 0 Å². The first kappa shape index (κ1) is 15.4. The number of hydrogen-bond acceptors (Lipinski definition) is 2. The average Bonchev–Trinajstić information content (AvgIpc) is 2.99. The molecule has 0 saturated carbocycles. The fourth-order valence-corrected chi connectivity index (χ4v) is 15.7. The van der Waals surface area contributed by atoms with Crippen LogP contribution >= 0.6 is 0 Å². The second kappa shape index (κ2) is 6.50. The third-order valence-corrected chi connectivity index (χ3v) is 15.0. The Balaban J connectivity index is 2.09. The van der Waals surface area contributed by atoms with E-state index in [2.05, 4.69) is 33.1 Å². The summed E-state index contributed by atoms with van der Waals surface area (Å²) in [5.41, 5.74) is 1.57. The lowest BCUT2D eigenvalue weighted by molar-refractivity contribution is 0.117. The summed E-state index contributed by atoms with van der Waals surface area (Å²) in [5, 5.41) is 0. The fourth-order valence-electron chi connectivity index (χ4n) is 2.54. The highest BCUT2D eigenvalue weighted by Gasteiger charge is 2.30. The summed E-state index contributed by atoms with van der Waals surface area (Å²) in [6.07, 6.45) is 1.67. The smallest absolute Gasteiger partial charge is 0.104 e. The molecule has 1 aliphatic heterocycles. The van der Waals surface area contributed by atoms with Crippen LogP contribution in [0, 0.1) is 0 Å². The van der Waals surface area contributed by atoms with E-state index >= 15 is 0 Å². The maximum absolute atomic E-state index is 5.62. The van der Waals surface area contributed by atoms with Crippen molar-refractivity contribution in [1.82, 2.24) is 0 Å². The zero-order valence-corrected chi connectivity index (χ0v) is 14.3. The maximum Gasteiger partial charge on any atom is 0.104 e. The van der Waals surface area contributed by atoms with Crippen molar-refractivity contribution < 1.29 is 9.47 Å². The lowest BCUT2D eigenvalue weighted by atomic mass is 10.5. The van der Waals surface area contributed by atoms with Crippen molar-refractivity contribution in [2.45, 2.75) is 63.4 Å². The van der Waals surface area contributed by atoms with Gasteiger partial charge in [0, 0.05) is 22.8 Å². The second-order valence-corrected chi connectivity index (χ2v) is 18.3. The van der Waals surface area contributed by atoms with E-state index in [0.717, 1.165) is 19.8 Å². The highest BCUT2D eigenvalue weighted by molar-refractivity contribution is 6.95. The number of epoxide rings is 1. The molecule has 0 aromatic rings. The third-order valence-electron chi connectivity index (χ3n) is 3.76. The van der Waals surface area contributed by atoms with Crippen LogP contribution in [0.1, 0.15) is 13.3 Å². The Labute approximate surface area is 109 Å². The molecular formula is C13H30O2Si2. The second-order valence-electron chi connectivity index (χ2n) is 6.99. The summed E-state index contributed by atoms with van der Waals surface area (Å²) in [4.78, 5) is 0. The molecule has 1 atom stereocenters.